The number of anilines is 2. The Labute approximate surface area is 210 Å². The molecule has 2 aliphatic rings. The molecule has 0 unspecified atom stereocenters. The van der Waals surface area contributed by atoms with Gasteiger partial charge in [0.05, 0.1) is 24.1 Å². The summed E-state index contributed by atoms with van der Waals surface area (Å²) >= 11 is 1.38. The maximum absolute atomic E-state index is 13.9. The van der Waals surface area contributed by atoms with E-state index < -0.39 is 24.2 Å². The maximum Gasteiger partial charge on any atom is 0.410 e. The van der Waals surface area contributed by atoms with Crippen molar-refractivity contribution in [2.24, 2.45) is 11.3 Å². The number of amides is 1. The second-order valence-electron chi connectivity index (χ2n) is 10.4. The van der Waals surface area contributed by atoms with E-state index in [1.165, 1.54) is 17.6 Å². The summed E-state index contributed by atoms with van der Waals surface area (Å²) in [5, 5.41) is 20.0. The molecule has 4 heterocycles. The molecule has 0 radical (unpaired) electrons. The smallest absolute Gasteiger partial charge is 0.410 e. The second kappa shape index (κ2) is 8.69. The predicted octanol–water partition coefficient (Wildman–Crippen LogP) is 6.47. The van der Waals surface area contributed by atoms with Crippen LogP contribution < -0.4 is 10.6 Å². The van der Waals surface area contributed by atoms with Crippen LogP contribution >= 0.6 is 11.3 Å². The Morgan fingerprint density at radius 2 is 2.14 bits per heavy atom. The van der Waals surface area contributed by atoms with Crippen LogP contribution in [-0.4, -0.2) is 21.9 Å². The van der Waals surface area contributed by atoms with Crippen LogP contribution in [0.3, 0.4) is 0 Å². The van der Waals surface area contributed by atoms with Crippen molar-refractivity contribution in [3.8, 4) is 6.07 Å². The SMILES string of the molecule is CC(C)(C)[C@@H]1CCc2c(sc(NC(=O)c3cnn4c3N[C@@H](c3ccco3)C[C@H]4C(F)(F)F)c2C#N)C1. The van der Waals surface area contributed by atoms with Gasteiger partial charge in [-0.25, -0.2) is 4.68 Å². The Hall–Kier alpha value is -3.26. The molecule has 7 nitrogen and oxygen atoms in total. The Morgan fingerprint density at radius 3 is 2.78 bits per heavy atom. The van der Waals surface area contributed by atoms with Crippen LogP contribution in [-0.2, 0) is 12.8 Å². The quantitative estimate of drug-likeness (QED) is 0.415. The number of carbonyl (C=O) groups excluding carboxylic acids is 1. The molecule has 5 rings (SSSR count). The Kier molecular flexibility index (Phi) is 5.90. The Bertz CT molecular complexity index is 1330. The first-order valence-corrected chi connectivity index (χ1v) is 12.6. The highest BCUT2D eigenvalue weighted by Gasteiger charge is 2.48. The molecule has 0 fully saturated rings. The van der Waals surface area contributed by atoms with Gasteiger partial charge in [0.15, 0.2) is 6.04 Å². The number of carbonyl (C=O) groups is 1. The molecule has 36 heavy (non-hydrogen) atoms. The number of aromatic nitrogens is 2. The van der Waals surface area contributed by atoms with E-state index in [2.05, 4.69) is 42.6 Å². The number of alkyl halides is 3. The fourth-order valence-corrected chi connectivity index (χ4v) is 6.38. The molecule has 1 aliphatic heterocycles. The lowest BCUT2D eigenvalue weighted by atomic mass is 9.72. The third kappa shape index (κ3) is 4.28. The van der Waals surface area contributed by atoms with Gasteiger partial charge >= 0.3 is 6.18 Å². The number of fused-ring (bicyclic) bond motifs is 2. The molecule has 0 aromatic carbocycles. The van der Waals surface area contributed by atoms with Crippen LogP contribution in [0.5, 0.6) is 0 Å². The van der Waals surface area contributed by atoms with Crippen molar-refractivity contribution in [1.82, 2.24) is 9.78 Å². The summed E-state index contributed by atoms with van der Waals surface area (Å²) < 4.78 is 47.8. The van der Waals surface area contributed by atoms with Crippen LogP contribution in [0.2, 0.25) is 0 Å². The number of halogens is 3. The van der Waals surface area contributed by atoms with E-state index in [-0.39, 0.29) is 23.2 Å². The van der Waals surface area contributed by atoms with Crippen molar-refractivity contribution in [2.45, 2.75) is 64.7 Å². The standard InChI is InChI=1S/C25H26F3N5O2S/c1-24(2,3)13-6-7-14-15(11-29)23(36-19(14)9-13)32-22(34)16-12-30-33-20(25(26,27)28)10-17(31-21(16)33)18-5-4-8-35-18/h4-5,8,12-13,17,20,31H,6-7,9-10H2,1-3H3,(H,32,34)/t13-,17-,20+/m1/s1. The topological polar surface area (TPSA) is 95.9 Å². The van der Waals surface area contributed by atoms with Crippen molar-refractivity contribution in [3.63, 3.8) is 0 Å². The van der Waals surface area contributed by atoms with Crippen molar-refractivity contribution in [1.29, 1.82) is 5.26 Å². The average molecular weight is 518 g/mol. The third-order valence-electron chi connectivity index (χ3n) is 7.20. The fourth-order valence-electron chi connectivity index (χ4n) is 5.11. The van der Waals surface area contributed by atoms with Gasteiger partial charge in [0.2, 0.25) is 0 Å². The number of rotatable bonds is 3. The van der Waals surface area contributed by atoms with Gasteiger partial charge in [-0.05, 0) is 48.3 Å². The van der Waals surface area contributed by atoms with Crippen molar-refractivity contribution in [2.75, 3.05) is 10.6 Å². The molecule has 0 saturated carbocycles. The zero-order valence-corrected chi connectivity index (χ0v) is 20.9. The average Bonchev–Trinajstić information content (AvgIpc) is 3.54. The first-order chi connectivity index (χ1) is 17.0. The lowest BCUT2D eigenvalue weighted by Gasteiger charge is -2.33. The number of nitrogens with one attached hydrogen (secondary N) is 2. The summed E-state index contributed by atoms with van der Waals surface area (Å²) in [7, 11) is 0. The van der Waals surface area contributed by atoms with Crippen molar-refractivity contribution in [3.05, 3.63) is 51.9 Å². The van der Waals surface area contributed by atoms with Gasteiger partial charge < -0.3 is 15.1 Å². The van der Waals surface area contributed by atoms with Gasteiger partial charge in [0, 0.05) is 11.3 Å². The predicted molar refractivity (Wildman–Crippen MR) is 129 cm³/mol. The lowest BCUT2D eigenvalue weighted by molar-refractivity contribution is -0.174. The third-order valence-corrected chi connectivity index (χ3v) is 8.37. The van der Waals surface area contributed by atoms with Gasteiger partial charge in [0.1, 0.15) is 28.2 Å². The van der Waals surface area contributed by atoms with Crippen LogP contribution in [0.4, 0.5) is 24.0 Å². The molecule has 3 aromatic rings. The molecule has 0 bridgehead atoms. The van der Waals surface area contributed by atoms with Crippen LogP contribution in [0.15, 0.2) is 29.0 Å². The number of hydrogen-bond donors (Lipinski definition) is 2. The molecular weight excluding hydrogens is 491 g/mol. The fraction of sp³-hybridized carbons (Fsp3) is 0.480. The summed E-state index contributed by atoms with van der Waals surface area (Å²) in [5.74, 6) is 0.153. The highest BCUT2D eigenvalue weighted by molar-refractivity contribution is 7.16. The number of hydrogen-bond acceptors (Lipinski definition) is 6. The van der Waals surface area contributed by atoms with Crippen molar-refractivity contribution >= 4 is 28.1 Å². The molecule has 0 spiro atoms. The van der Waals surface area contributed by atoms with Gasteiger partial charge in [-0.2, -0.15) is 23.5 Å². The number of furan rings is 1. The maximum atomic E-state index is 13.9. The lowest BCUT2D eigenvalue weighted by Crippen LogP contribution is -2.36. The van der Waals surface area contributed by atoms with Gasteiger partial charge in [-0.3, -0.25) is 4.79 Å². The molecule has 2 N–H and O–H groups in total. The zero-order valence-electron chi connectivity index (χ0n) is 20.1. The van der Waals surface area contributed by atoms with E-state index in [4.69, 9.17) is 4.42 Å². The largest absolute Gasteiger partial charge is 0.467 e. The molecule has 3 atom stereocenters. The molecular formula is C25H26F3N5O2S. The highest BCUT2D eigenvalue weighted by atomic mass is 32.1. The minimum absolute atomic E-state index is 0.0247. The summed E-state index contributed by atoms with van der Waals surface area (Å²) in [5.41, 5.74) is 1.50. The normalized spacial score (nSPS) is 21.8. The minimum Gasteiger partial charge on any atom is -0.467 e. The molecule has 1 amide bonds. The summed E-state index contributed by atoms with van der Waals surface area (Å²) in [6.07, 6.45) is 0.195. The van der Waals surface area contributed by atoms with E-state index >= 15 is 0 Å². The van der Waals surface area contributed by atoms with E-state index in [9.17, 15) is 23.2 Å². The Balaban J connectivity index is 1.45. The van der Waals surface area contributed by atoms with Crippen LogP contribution in [0.25, 0.3) is 0 Å². The highest BCUT2D eigenvalue weighted by Crippen LogP contribution is 2.46. The minimum atomic E-state index is -4.56. The van der Waals surface area contributed by atoms with Crippen LogP contribution in [0, 0.1) is 22.7 Å². The summed E-state index contributed by atoms with van der Waals surface area (Å²) in [4.78, 5) is 14.4. The molecule has 0 saturated heterocycles. The van der Waals surface area contributed by atoms with E-state index in [1.807, 2.05) is 0 Å². The van der Waals surface area contributed by atoms with Crippen LogP contribution in [0.1, 0.15) is 77.8 Å². The van der Waals surface area contributed by atoms with Gasteiger partial charge in [-0.15, -0.1) is 11.3 Å². The number of thiophene rings is 1. The summed E-state index contributed by atoms with van der Waals surface area (Å²) in [6.45, 7) is 6.60. The second-order valence-corrected chi connectivity index (χ2v) is 11.5. The monoisotopic (exact) mass is 517 g/mol. The molecule has 1 aliphatic carbocycles. The number of nitriles is 1. The van der Waals surface area contributed by atoms with Gasteiger partial charge in [-0.1, -0.05) is 20.8 Å². The summed E-state index contributed by atoms with van der Waals surface area (Å²) in [6, 6.07) is 2.73. The van der Waals surface area contributed by atoms with E-state index in [0.29, 0.717) is 22.2 Å². The Morgan fingerprint density at radius 1 is 1.36 bits per heavy atom. The first-order valence-electron chi connectivity index (χ1n) is 11.8. The molecule has 190 valence electrons. The zero-order chi connectivity index (χ0) is 25.8. The van der Waals surface area contributed by atoms with Crippen molar-refractivity contribution < 1.29 is 22.4 Å². The van der Waals surface area contributed by atoms with Gasteiger partial charge in [0.25, 0.3) is 5.91 Å². The number of nitrogens with zero attached hydrogens (tertiary/aromatic N) is 3. The first kappa shape index (κ1) is 24.4. The molecule has 11 heteroatoms. The van der Waals surface area contributed by atoms with E-state index in [0.717, 1.165) is 40.6 Å². The van der Waals surface area contributed by atoms with E-state index in [1.54, 1.807) is 12.1 Å². The molecule has 3 aromatic heterocycles.